The second-order valence-electron chi connectivity index (χ2n) is 4.87. The Labute approximate surface area is 112 Å². The fourth-order valence-electron chi connectivity index (χ4n) is 2.43. The summed E-state index contributed by atoms with van der Waals surface area (Å²) in [5.74, 6) is 1.07. The number of aryl methyl sites for hydroxylation is 1. The molecule has 0 unspecified atom stereocenters. The lowest BCUT2D eigenvalue weighted by molar-refractivity contribution is 0.369. The molecule has 0 fully saturated rings. The Morgan fingerprint density at radius 3 is 2.83 bits per heavy atom. The molecule has 18 heavy (non-hydrogen) atoms. The lowest BCUT2D eigenvalue weighted by Crippen LogP contribution is -2.24. The van der Waals surface area contributed by atoms with Gasteiger partial charge in [-0.2, -0.15) is 0 Å². The smallest absolute Gasteiger partial charge is 0.136 e. The minimum atomic E-state index is 0.740. The molecule has 0 saturated heterocycles. The maximum Gasteiger partial charge on any atom is 0.136 e. The highest BCUT2D eigenvalue weighted by molar-refractivity contribution is 6.31. The summed E-state index contributed by atoms with van der Waals surface area (Å²) >= 11 is 6.01. The number of fused-ring (bicyclic) bond motifs is 1. The zero-order valence-electron chi connectivity index (χ0n) is 10.7. The third kappa shape index (κ3) is 1.93. The van der Waals surface area contributed by atoms with E-state index in [1.165, 1.54) is 5.57 Å². The standard InChI is InChI=1S/C14H16ClN3/c1-17-7-5-10(6-8-17)14-16-12-9-11(15)3-4-13(12)18(14)2/h3-5,9H,6-8H2,1-2H3. The number of aromatic nitrogens is 2. The van der Waals surface area contributed by atoms with Crippen molar-refractivity contribution in [3.8, 4) is 0 Å². The number of hydrogen-bond donors (Lipinski definition) is 0. The summed E-state index contributed by atoms with van der Waals surface area (Å²) in [5.41, 5.74) is 3.44. The van der Waals surface area contributed by atoms with Crippen LogP contribution in [0, 0.1) is 0 Å². The number of likely N-dealkylation sites (N-methyl/N-ethyl adjacent to an activating group) is 1. The summed E-state index contributed by atoms with van der Waals surface area (Å²) in [4.78, 5) is 7.02. The molecule has 0 N–H and O–H groups in total. The summed E-state index contributed by atoms with van der Waals surface area (Å²) in [5, 5.41) is 0.740. The van der Waals surface area contributed by atoms with Crippen LogP contribution in [0.5, 0.6) is 0 Å². The van der Waals surface area contributed by atoms with Crippen LogP contribution in [0.3, 0.4) is 0 Å². The Morgan fingerprint density at radius 2 is 2.11 bits per heavy atom. The van der Waals surface area contributed by atoms with Crippen LogP contribution in [-0.4, -0.2) is 34.6 Å². The van der Waals surface area contributed by atoms with E-state index in [4.69, 9.17) is 16.6 Å². The van der Waals surface area contributed by atoms with Crippen molar-refractivity contribution in [3.05, 3.63) is 35.1 Å². The molecule has 0 spiro atoms. The minimum absolute atomic E-state index is 0.740. The van der Waals surface area contributed by atoms with E-state index in [9.17, 15) is 0 Å². The first kappa shape index (κ1) is 11.8. The van der Waals surface area contributed by atoms with E-state index < -0.39 is 0 Å². The molecule has 2 heterocycles. The van der Waals surface area contributed by atoms with Crippen molar-refractivity contribution in [3.63, 3.8) is 0 Å². The van der Waals surface area contributed by atoms with E-state index >= 15 is 0 Å². The van der Waals surface area contributed by atoms with Gasteiger partial charge < -0.3 is 9.47 Å². The highest BCUT2D eigenvalue weighted by Crippen LogP contribution is 2.26. The molecule has 94 valence electrons. The summed E-state index contributed by atoms with van der Waals surface area (Å²) in [6.07, 6.45) is 3.33. The van der Waals surface area contributed by atoms with Crippen LogP contribution >= 0.6 is 11.6 Å². The first-order valence-electron chi connectivity index (χ1n) is 6.15. The SMILES string of the molecule is CN1CC=C(c2nc3cc(Cl)ccc3n2C)CC1. The van der Waals surface area contributed by atoms with Crippen molar-refractivity contribution in [1.29, 1.82) is 0 Å². The van der Waals surface area contributed by atoms with Gasteiger partial charge in [0.2, 0.25) is 0 Å². The van der Waals surface area contributed by atoms with Gasteiger partial charge in [-0.1, -0.05) is 17.7 Å². The number of benzene rings is 1. The molecule has 1 aliphatic rings. The summed E-state index contributed by atoms with van der Waals surface area (Å²) in [7, 11) is 4.21. The Hall–Kier alpha value is -1.32. The van der Waals surface area contributed by atoms with E-state index in [-0.39, 0.29) is 0 Å². The maximum atomic E-state index is 6.01. The fraction of sp³-hybridized carbons (Fsp3) is 0.357. The van der Waals surface area contributed by atoms with Crippen molar-refractivity contribution in [2.45, 2.75) is 6.42 Å². The van der Waals surface area contributed by atoms with Crippen molar-refractivity contribution >= 4 is 28.2 Å². The Kier molecular flexibility index (Phi) is 2.88. The Bertz CT molecular complexity index is 627. The van der Waals surface area contributed by atoms with E-state index in [1.807, 2.05) is 18.2 Å². The molecule has 1 aliphatic heterocycles. The van der Waals surface area contributed by atoms with Crippen LogP contribution in [0.25, 0.3) is 16.6 Å². The van der Waals surface area contributed by atoms with Crippen LogP contribution < -0.4 is 0 Å². The number of halogens is 1. The predicted octanol–water partition coefficient (Wildman–Crippen LogP) is 2.95. The monoisotopic (exact) mass is 261 g/mol. The van der Waals surface area contributed by atoms with E-state index in [0.717, 1.165) is 41.4 Å². The first-order chi connectivity index (χ1) is 8.65. The molecular weight excluding hydrogens is 246 g/mol. The average molecular weight is 262 g/mol. The number of imidazole rings is 1. The zero-order valence-corrected chi connectivity index (χ0v) is 11.4. The molecular formula is C14H16ClN3. The van der Waals surface area contributed by atoms with Crippen LogP contribution in [0.2, 0.25) is 5.02 Å². The molecule has 2 aromatic rings. The second-order valence-corrected chi connectivity index (χ2v) is 5.31. The average Bonchev–Trinajstić information content (AvgIpc) is 2.67. The highest BCUT2D eigenvalue weighted by atomic mass is 35.5. The van der Waals surface area contributed by atoms with Gasteiger partial charge in [0.25, 0.3) is 0 Å². The molecule has 1 aromatic heterocycles. The lowest BCUT2D eigenvalue weighted by atomic mass is 10.1. The Balaban J connectivity index is 2.10. The van der Waals surface area contributed by atoms with E-state index in [1.54, 1.807) is 0 Å². The summed E-state index contributed by atoms with van der Waals surface area (Å²) < 4.78 is 2.16. The van der Waals surface area contributed by atoms with Crippen LogP contribution in [0.4, 0.5) is 0 Å². The third-order valence-corrected chi connectivity index (χ3v) is 3.78. The molecule has 3 rings (SSSR count). The number of rotatable bonds is 1. The fourth-order valence-corrected chi connectivity index (χ4v) is 2.60. The minimum Gasteiger partial charge on any atom is -0.327 e. The molecule has 3 nitrogen and oxygen atoms in total. The van der Waals surface area contributed by atoms with Gasteiger partial charge in [0.1, 0.15) is 5.82 Å². The van der Waals surface area contributed by atoms with Gasteiger partial charge in [-0.15, -0.1) is 0 Å². The van der Waals surface area contributed by atoms with Crippen LogP contribution in [0.15, 0.2) is 24.3 Å². The summed E-state index contributed by atoms with van der Waals surface area (Å²) in [6.45, 7) is 2.09. The molecule has 0 radical (unpaired) electrons. The number of hydrogen-bond acceptors (Lipinski definition) is 2. The topological polar surface area (TPSA) is 21.1 Å². The molecule has 0 bridgehead atoms. The molecule has 0 atom stereocenters. The van der Waals surface area contributed by atoms with Gasteiger partial charge in [0, 0.05) is 25.2 Å². The largest absolute Gasteiger partial charge is 0.327 e. The predicted molar refractivity (Wildman–Crippen MR) is 75.8 cm³/mol. The van der Waals surface area contributed by atoms with Crippen LogP contribution in [-0.2, 0) is 7.05 Å². The van der Waals surface area contributed by atoms with Crippen molar-refractivity contribution < 1.29 is 0 Å². The molecule has 1 aromatic carbocycles. The van der Waals surface area contributed by atoms with Gasteiger partial charge in [0.05, 0.1) is 11.0 Å². The van der Waals surface area contributed by atoms with Gasteiger partial charge in [-0.3, -0.25) is 0 Å². The third-order valence-electron chi connectivity index (χ3n) is 3.54. The van der Waals surface area contributed by atoms with E-state index in [0.29, 0.717) is 0 Å². The maximum absolute atomic E-state index is 6.01. The first-order valence-corrected chi connectivity index (χ1v) is 6.53. The quantitative estimate of drug-likeness (QED) is 0.787. The van der Waals surface area contributed by atoms with Crippen molar-refractivity contribution in [1.82, 2.24) is 14.5 Å². The van der Waals surface area contributed by atoms with Gasteiger partial charge in [0.15, 0.2) is 0 Å². The van der Waals surface area contributed by atoms with Gasteiger partial charge in [-0.05, 0) is 37.2 Å². The molecule has 0 saturated carbocycles. The zero-order chi connectivity index (χ0) is 12.7. The van der Waals surface area contributed by atoms with Gasteiger partial charge in [-0.25, -0.2) is 4.98 Å². The molecule has 0 amide bonds. The molecule has 0 aliphatic carbocycles. The van der Waals surface area contributed by atoms with Crippen molar-refractivity contribution in [2.75, 3.05) is 20.1 Å². The Morgan fingerprint density at radius 1 is 1.28 bits per heavy atom. The lowest BCUT2D eigenvalue weighted by Gasteiger charge is -2.21. The van der Waals surface area contributed by atoms with E-state index in [2.05, 4.69) is 29.6 Å². The molecule has 4 heteroatoms. The van der Waals surface area contributed by atoms with Gasteiger partial charge >= 0.3 is 0 Å². The highest BCUT2D eigenvalue weighted by Gasteiger charge is 2.15. The second kappa shape index (κ2) is 4.41. The van der Waals surface area contributed by atoms with Crippen LogP contribution in [0.1, 0.15) is 12.2 Å². The normalized spacial score (nSPS) is 17.2. The summed E-state index contributed by atoms with van der Waals surface area (Å²) in [6, 6.07) is 5.87. The number of nitrogens with zero attached hydrogens (tertiary/aromatic N) is 3. The van der Waals surface area contributed by atoms with Crippen molar-refractivity contribution in [2.24, 2.45) is 7.05 Å².